The summed E-state index contributed by atoms with van der Waals surface area (Å²) < 4.78 is 46.5. The molecule has 2 bridgehead atoms. The van der Waals surface area contributed by atoms with E-state index < -0.39 is 23.2 Å². The van der Waals surface area contributed by atoms with E-state index >= 15 is 0 Å². The van der Waals surface area contributed by atoms with Gasteiger partial charge in [-0.1, -0.05) is 59.6 Å². The smallest absolute Gasteiger partial charge is 0.252 e. The molecule has 242 valence electrons. The van der Waals surface area contributed by atoms with Gasteiger partial charge in [0.15, 0.2) is 17.4 Å². The lowest BCUT2D eigenvalue weighted by Gasteiger charge is -2.44. The Labute approximate surface area is 276 Å². The predicted molar refractivity (Wildman–Crippen MR) is 171 cm³/mol. The number of carbonyl (C=O) groups is 2. The molecule has 11 heteroatoms. The van der Waals surface area contributed by atoms with Crippen molar-refractivity contribution in [1.29, 1.82) is 0 Å². The molecule has 1 saturated heterocycles. The van der Waals surface area contributed by atoms with Crippen molar-refractivity contribution in [3.63, 3.8) is 0 Å². The minimum atomic E-state index is -1.34. The number of carbonyl (C=O) groups excluding carboxylic acids is 2. The van der Waals surface area contributed by atoms with Crippen LogP contribution in [0.3, 0.4) is 0 Å². The van der Waals surface area contributed by atoms with Gasteiger partial charge >= 0.3 is 0 Å². The van der Waals surface area contributed by atoms with Crippen molar-refractivity contribution < 1.29 is 27.5 Å². The molecule has 0 radical (unpaired) electrons. The Morgan fingerprint density at radius 1 is 1.00 bits per heavy atom. The monoisotopic (exact) mass is 671 g/mol. The first-order valence-electron chi connectivity index (χ1n) is 15.4. The Morgan fingerprint density at radius 2 is 1.74 bits per heavy atom. The molecular formula is C35H34Cl2F3N3O3. The van der Waals surface area contributed by atoms with E-state index in [1.165, 1.54) is 0 Å². The summed E-state index contributed by atoms with van der Waals surface area (Å²) in [6.45, 7) is 2.86. The number of hydrogen-bond acceptors (Lipinski definition) is 4. The number of hydrogen-bond donors (Lipinski definition) is 1. The topological polar surface area (TPSA) is 61.9 Å². The molecule has 2 heterocycles. The number of ether oxygens (including phenoxy) is 1. The van der Waals surface area contributed by atoms with Gasteiger partial charge in [0, 0.05) is 44.2 Å². The molecule has 6 rings (SSSR count). The van der Waals surface area contributed by atoms with Gasteiger partial charge in [0.25, 0.3) is 5.91 Å². The normalized spacial score (nSPS) is 19.3. The van der Waals surface area contributed by atoms with Crippen molar-refractivity contribution in [2.45, 2.75) is 63.7 Å². The van der Waals surface area contributed by atoms with Gasteiger partial charge < -0.3 is 19.9 Å². The van der Waals surface area contributed by atoms with Crippen molar-refractivity contribution in [3.8, 4) is 5.75 Å². The number of nitrogens with one attached hydrogen (secondary N) is 1. The zero-order valence-electron chi connectivity index (χ0n) is 25.3. The lowest BCUT2D eigenvalue weighted by atomic mass is 9.82. The Kier molecular flexibility index (Phi) is 9.64. The van der Waals surface area contributed by atoms with Crippen molar-refractivity contribution >= 4 is 40.6 Å². The van der Waals surface area contributed by atoms with Crippen LogP contribution in [0.25, 0.3) is 5.57 Å². The maximum atomic E-state index is 14.5. The number of amides is 2. The van der Waals surface area contributed by atoms with Crippen molar-refractivity contribution in [2.75, 3.05) is 19.7 Å². The van der Waals surface area contributed by atoms with Crippen LogP contribution in [-0.2, 0) is 22.6 Å². The minimum absolute atomic E-state index is 0.00592. The number of benzene rings is 3. The SMILES string of the molecule is CC(=O)N1CC2CC(c3ccc(CCCOc4c(F)ccc(F)c4F)cc3)=C(C(=O)N(Cc3cccc(Cl)c3Cl)C3CC3)C(C1)N2. The number of aryl methyl sites for hydroxylation is 1. The minimum Gasteiger partial charge on any atom is -0.488 e. The van der Waals surface area contributed by atoms with E-state index in [0.29, 0.717) is 54.5 Å². The molecule has 3 aromatic carbocycles. The average molecular weight is 673 g/mol. The molecule has 1 N–H and O–H groups in total. The highest BCUT2D eigenvalue weighted by molar-refractivity contribution is 6.42. The zero-order chi connectivity index (χ0) is 32.5. The van der Waals surface area contributed by atoms with Crippen molar-refractivity contribution in [3.05, 3.63) is 104 Å². The second kappa shape index (κ2) is 13.7. The fourth-order valence-corrected chi connectivity index (χ4v) is 6.73. The van der Waals surface area contributed by atoms with Crippen molar-refractivity contribution in [1.82, 2.24) is 15.1 Å². The van der Waals surface area contributed by atoms with Crippen LogP contribution in [0.15, 0.2) is 60.2 Å². The average Bonchev–Trinajstić information content (AvgIpc) is 3.88. The molecule has 3 aromatic rings. The first-order valence-corrected chi connectivity index (χ1v) is 16.2. The van der Waals surface area contributed by atoms with Gasteiger partial charge in [-0.3, -0.25) is 9.59 Å². The molecule has 2 amide bonds. The summed E-state index contributed by atoms with van der Waals surface area (Å²) in [6, 6.07) is 14.7. The fourth-order valence-electron chi connectivity index (χ4n) is 6.35. The van der Waals surface area contributed by atoms with Crippen LogP contribution in [0.5, 0.6) is 5.75 Å². The summed E-state index contributed by atoms with van der Waals surface area (Å²) in [6.07, 6.45) is 3.42. The van der Waals surface area contributed by atoms with Crippen molar-refractivity contribution in [2.24, 2.45) is 0 Å². The molecule has 2 fully saturated rings. The maximum Gasteiger partial charge on any atom is 0.252 e. The van der Waals surface area contributed by atoms with E-state index in [0.717, 1.165) is 47.2 Å². The zero-order valence-corrected chi connectivity index (χ0v) is 26.8. The van der Waals surface area contributed by atoms with Gasteiger partial charge in [-0.05, 0) is 72.6 Å². The predicted octanol–water partition coefficient (Wildman–Crippen LogP) is 6.96. The summed E-state index contributed by atoms with van der Waals surface area (Å²) in [5, 5.41) is 4.48. The number of rotatable bonds is 10. The first kappa shape index (κ1) is 32.4. The fraction of sp³-hybridized carbons (Fsp3) is 0.371. The van der Waals surface area contributed by atoms with E-state index in [9.17, 15) is 22.8 Å². The summed E-state index contributed by atoms with van der Waals surface area (Å²) in [5.74, 6) is -4.26. The third kappa shape index (κ3) is 6.92. The highest BCUT2D eigenvalue weighted by atomic mass is 35.5. The lowest BCUT2D eigenvalue weighted by Crippen LogP contribution is -2.61. The lowest BCUT2D eigenvalue weighted by molar-refractivity contribution is -0.132. The quantitative estimate of drug-likeness (QED) is 0.187. The van der Waals surface area contributed by atoms with Crippen LogP contribution >= 0.6 is 23.2 Å². The van der Waals surface area contributed by atoms with E-state index in [-0.39, 0.29) is 36.5 Å². The van der Waals surface area contributed by atoms with E-state index in [1.807, 2.05) is 41.3 Å². The second-order valence-electron chi connectivity index (χ2n) is 12.1. The summed E-state index contributed by atoms with van der Waals surface area (Å²) in [7, 11) is 0. The Hall–Kier alpha value is -3.53. The number of piperazine rings is 1. The summed E-state index contributed by atoms with van der Waals surface area (Å²) >= 11 is 12.8. The maximum absolute atomic E-state index is 14.5. The highest BCUT2D eigenvalue weighted by Gasteiger charge is 2.43. The van der Waals surface area contributed by atoms with Gasteiger partial charge in [-0.15, -0.1) is 0 Å². The van der Waals surface area contributed by atoms with Gasteiger partial charge in [-0.2, -0.15) is 4.39 Å². The molecular weight excluding hydrogens is 638 g/mol. The Bertz CT molecular complexity index is 1680. The number of fused-ring (bicyclic) bond motifs is 2. The molecule has 6 nitrogen and oxygen atoms in total. The molecule has 0 aromatic heterocycles. The highest BCUT2D eigenvalue weighted by Crippen LogP contribution is 2.38. The van der Waals surface area contributed by atoms with Crippen LogP contribution in [0, 0.1) is 17.5 Å². The standard InChI is InChI=1S/C35H34Cl2F3N3O3/c1-20(44)42-18-24-16-26(22-9-7-21(8-10-22)4-3-15-46-34-29(39)14-13-28(38)33(34)40)31(30(19-42)41-24)35(45)43(25-11-12-25)17-23-5-2-6-27(36)32(23)37/h2,5-10,13-14,24-25,30,41H,3-4,11-12,15-19H2,1H3. The molecule has 46 heavy (non-hydrogen) atoms. The van der Waals surface area contributed by atoms with Gasteiger partial charge in [0.2, 0.25) is 11.7 Å². The van der Waals surface area contributed by atoms with Crippen LogP contribution < -0.4 is 10.1 Å². The first-order chi connectivity index (χ1) is 22.1. The molecule has 2 aliphatic heterocycles. The van der Waals surface area contributed by atoms with Crippen LogP contribution in [0.2, 0.25) is 10.0 Å². The number of halogens is 5. The molecule has 1 aliphatic carbocycles. The summed E-state index contributed by atoms with van der Waals surface area (Å²) in [5.41, 5.74) is 4.30. The van der Waals surface area contributed by atoms with Crippen LogP contribution in [-0.4, -0.2) is 59.4 Å². The largest absolute Gasteiger partial charge is 0.488 e. The Balaban J connectivity index is 1.24. The third-order valence-electron chi connectivity index (χ3n) is 8.86. The van der Waals surface area contributed by atoms with E-state index in [1.54, 1.807) is 17.9 Å². The molecule has 1 saturated carbocycles. The molecule has 0 spiro atoms. The second-order valence-corrected chi connectivity index (χ2v) is 12.9. The van der Waals surface area contributed by atoms with E-state index in [4.69, 9.17) is 27.9 Å². The van der Waals surface area contributed by atoms with Crippen LogP contribution in [0.1, 0.15) is 49.3 Å². The van der Waals surface area contributed by atoms with E-state index in [2.05, 4.69) is 5.32 Å². The Morgan fingerprint density at radius 3 is 2.46 bits per heavy atom. The van der Waals surface area contributed by atoms with Gasteiger partial charge in [0.1, 0.15) is 0 Å². The molecule has 2 atom stereocenters. The molecule has 2 unspecified atom stereocenters. The molecule has 3 aliphatic rings. The summed E-state index contributed by atoms with van der Waals surface area (Å²) in [4.78, 5) is 30.6. The van der Waals surface area contributed by atoms with Gasteiger partial charge in [-0.25, -0.2) is 8.78 Å². The third-order valence-corrected chi connectivity index (χ3v) is 9.72. The number of nitrogens with zero attached hydrogens (tertiary/aromatic N) is 2. The van der Waals surface area contributed by atoms with Crippen LogP contribution in [0.4, 0.5) is 13.2 Å². The van der Waals surface area contributed by atoms with Gasteiger partial charge in [0.05, 0.1) is 22.7 Å².